The first kappa shape index (κ1) is 16.3. The van der Waals surface area contributed by atoms with Gasteiger partial charge in [-0.1, -0.05) is 11.6 Å². The van der Waals surface area contributed by atoms with E-state index < -0.39 is 15.6 Å². The van der Waals surface area contributed by atoms with E-state index in [1.807, 2.05) is 6.26 Å². The minimum Gasteiger partial charge on any atom is -0.389 e. The molecule has 1 unspecified atom stereocenters. The number of hydrogen-bond donors (Lipinski definition) is 2. The lowest BCUT2D eigenvalue weighted by molar-refractivity contribution is 0.0626. The molecule has 0 bridgehead atoms. The maximum Gasteiger partial charge on any atom is 0.250 e. The Bertz CT molecular complexity index is 484. The fourth-order valence-electron chi connectivity index (χ4n) is 1.17. The molecule has 0 amide bonds. The maximum atomic E-state index is 11.9. The summed E-state index contributed by atoms with van der Waals surface area (Å²) in [6.45, 7) is 1.61. The van der Waals surface area contributed by atoms with E-state index >= 15 is 0 Å². The van der Waals surface area contributed by atoms with Crippen molar-refractivity contribution >= 4 is 44.7 Å². The normalized spacial score (nSPS) is 15.6. The van der Waals surface area contributed by atoms with Crippen molar-refractivity contribution in [3.63, 3.8) is 0 Å². The summed E-state index contributed by atoms with van der Waals surface area (Å²) >= 11 is 8.30. The Morgan fingerprint density at radius 3 is 2.72 bits per heavy atom. The second-order valence-electron chi connectivity index (χ2n) is 4.12. The highest BCUT2D eigenvalue weighted by atomic mass is 35.5. The summed E-state index contributed by atoms with van der Waals surface area (Å²) in [6, 6.07) is 2.98. The molecule has 1 aromatic heterocycles. The van der Waals surface area contributed by atoms with Crippen molar-refractivity contribution in [2.75, 3.05) is 18.6 Å². The number of hydrogen-bond acceptors (Lipinski definition) is 5. The van der Waals surface area contributed by atoms with Gasteiger partial charge in [0, 0.05) is 6.54 Å². The Balaban J connectivity index is 2.62. The van der Waals surface area contributed by atoms with E-state index in [0.717, 1.165) is 17.1 Å². The molecule has 1 rings (SSSR count). The van der Waals surface area contributed by atoms with Crippen LogP contribution in [-0.2, 0) is 10.0 Å². The molecule has 1 heterocycles. The molecule has 0 radical (unpaired) electrons. The zero-order valence-electron chi connectivity index (χ0n) is 10.1. The molecule has 0 saturated carbocycles. The summed E-state index contributed by atoms with van der Waals surface area (Å²) in [4.78, 5) is 0. The van der Waals surface area contributed by atoms with Gasteiger partial charge in [-0.2, -0.15) is 11.8 Å². The van der Waals surface area contributed by atoms with Crippen LogP contribution in [0, 0.1) is 0 Å². The molecule has 0 aromatic carbocycles. The summed E-state index contributed by atoms with van der Waals surface area (Å²) in [5.74, 6) is 0.777. The molecule has 18 heavy (non-hydrogen) atoms. The molecule has 0 saturated heterocycles. The Kier molecular flexibility index (Phi) is 5.95. The summed E-state index contributed by atoms with van der Waals surface area (Å²) < 4.78 is 26.8. The van der Waals surface area contributed by atoms with E-state index in [4.69, 9.17) is 11.6 Å². The predicted octanol–water partition coefficient (Wildman–Crippen LogP) is 2.18. The fraction of sp³-hybridized carbons (Fsp3) is 0.600. The Morgan fingerprint density at radius 2 is 2.22 bits per heavy atom. The van der Waals surface area contributed by atoms with Gasteiger partial charge in [0.15, 0.2) is 0 Å². The molecule has 0 aliphatic heterocycles. The summed E-state index contributed by atoms with van der Waals surface area (Å²) in [5, 5.41) is 10.00. The highest BCUT2D eigenvalue weighted by molar-refractivity contribution is 7.98. The predicted molar refractivity (Wildman–Crippen MR) is 78.1 cm³/mol. The molecule has 0 aliphatic carbocycles. The lowest BCUT2D eigenvalue weighted by atomic mass is 10.1. The van der Waals surface area contributed by atoms with Gasteiger partial charge in [0.2, 0.25) is 10.0 Å². The second-order valence-corrected chi connectivity index (χ2v) is 8.82. The Hall–Kier alpha value is 0.210. The van der Waals surface area contributed by atoms with E-state index in [9.17, 15) is 13.5 Å². The van der Waals surface area contributed by atoms with Gasteiger partial charge in [-0.25, -0.2) is 13.1 Å². The lowest BCUT2D eigenvalue weighted by Crippen LogP contribution is -2.40. The van der Waals surface area contributed by atoms with Gasteiger partial charge in [0.05, 0.1) is 9.94 Å². The van der Waals surface area contributed by atoms with Gasteiger partial charge in [0.1, 0.15) is 4.21 Å². The molecule has 0 fully saturated rings. The molecular formula is C10H16ClNO3S3. The van der Waals surface area contributed by atoms with E-state index in [1.165, 1.54) is 12.1 Å². The molecule has 104 valence electrons. The van der Waals surface area contributed by atoms with Crippen molar-refractivity contribution < 1.29 is 13.5 Å². The standard InChI is InChI=1S/C10H16ClNO3S3/c1-10(13,5-6-16-2)7-12-18(14,15)9-4-3-8(11)17-9/h3-4,12-13H,5-7H2,1-2H3. The van der Waals surface area contributed by atoms with Gasteiger partial charge in [-0.3, -0.25) is 0 Å². The molecule has 8 heteroatoms. The van der Waals surface area contributed by atoms with Crippen LogP contribution in [-0.4, -0.2) is 37.7 Å². The van der Waals surface area contributed by atoms with Gasteiger partial charge in [0.25, 0.3) is 0 Å². The van der Waals surface area contributed by atoms with Crippen molar-refractivity contribution in [2.24, 2.45) is 0 Å². The van der Waals surface area contributed by atoms with Crippen LogP contribution in [0.15, 0.2) is 16.3 Å². The number of sulfonamides is 1. The molecule has 0 aliphatic rings. The van der Waals surface area contributed by atoms with Gasteiger partial charge >= 0.3 is 0 Å². The average Bonchev–Trinajstić information content (AvgIpc) is 2.72. The van der Waals surface area contributed by atoms with Crippen LogP contribution in [0.2, 0.25) is 4.34 Å². The van der Waals surface area contributed by atoms with E-state index in [2.05, 4.69) is 4.72 Å². The first-order valence-corrected chi connectivity index (χ1v) is 9.30. The van der Waals surface area contributed by atoms with Gasteiger partial charge in [-0.15, -0.1) is 11.3 Å². The topological polar surface area (TPSA) is 66.4 Å². The Labute approximate surface area is 121 Å². The molecule has 4 nitrogen and oxygen atoms in total. The lowest BCUT2D eigenvalue weighted by Gasteiger charge is -2.22. The highest BCUT2D eigenvalue weighted by Gasteiger charge is 2.24. The molecule has 1 aromatic rings. The average molecular weight is 330 g/mol. The first-order chi connectivity index (χ1) is 8.27. The highest BCUT2D eigenvalue weighted by Crippen LogP contribution is 2.25. The smallest absolute Gasteiger partial charge is 0.250 e. The molecular weight excluding hydrogens is 314 g/mol. The number of nitrogens with one attached hydrogen (secondary N) is 1. The number of thioether (sulfide) groups is 1. The third-order valence-electron chi connectivity index (χ3n) is 2.30. The summed E-state index contributed by atoms with van der Waals surface area (Å²) in [7, 11) is -3.58. The molecule has 2 N–H and O–H groups in total. The zero-order chi connectivity index (χ0) is 13.8. The van der Waals surface area contributed by atoms with Crippen molar-refractivity contribution in [1.82, 2.24) is 4.72 Å². The van der Waals surface area contributed by atoms with Crippen LogP contribution in [0.1, 0.15) is 13.3 Å². The summed E-state index contributed by atoms with van der Waals surface area (Å²) in [6.07, 6.45) is 2.47. The van der Waals surface area contributed by atoms with Crippen LogP contribution in [0.4, 0.5) is 0 Å². The van der Waals surface area contributed by atoms with Crippen molar-refractivity contribution in [1.29, 1.82) is 0 Å². The number of halogens is 1. The third-order valence-corrected chi connectivity index (χ3v) is 6.04. The monoisotopic (exact) mass is 329 g/mol. The zero-order valence-corrected chi connectivity index (χ0v) is 13.3. The Morgan fingerprint density at radius 1 is 1.56 bits per heavy atom. The second kappa shape index (κ2) is 6.58. The van der Waals surface area contributed by atoms with E-state index in [1.54, 1.807) is 18.7 Å². The van der Waals surface area contributed by atoms with Crippen LogP contribution >= 0.6 is 34.7 Å². The number of rotatable bonds is 7. The van der Waals surface area contributed by atoms with Crippen LogP contribution in [0.3, 0.4) is 0 Å². The van der Waals surface area contributed by atoms with Crippen molar-refractivity contribution in [2.45, 2.75) is 23.2 Å². The van der Waals surface area contributed by atoms with Crippen LogP contribution in [0.25, 0.3) is 0 Å². The third kappa shape index (κ3) is 5.07. The van der Waals surface area contributed by atoms with Crippen LogP contribution in [0.5, 0.6) is 0 Å². The molecule has 0 spiro atoms. The molecule has 1 atom stereocenters. The number of thiophene rings is 1. The van der Waals surface area contributed by atoms with Gasteiger partial charge < -0.3 is 5.11 Å². The maximum absolute atomic E-state index is 11.9. The van der Waals surface area contributed by atoms with Crippen LogP contribution < -0.4 is 4.72 Å². The van der Waals surface area contributed by atoms with Gasteiger partial charge in [-0.05, 0) is 37.5 Å². The summed E-state index contributed by atoms with van der Waals surface area (Å²) in [5.41, 5.74) is -1.04. The van der Waals surface area contributed by atoms with Crippen molar-refractivity contribution in [3.8, 4) is 0 Å². The number of aliphatic hydroxyl groups is 1. The van der Waals surface area contributed by atoms with E-state index in [0.29, 0.717) is 10.8 Å². The fourth-order valence-corrected chi connectivity index (χ4v) is 4.51. The minimum atomic E-state index is -3.58. The quantitative estimate of drug-likeness (QED) is 0.804. The first-order valence-electron chi connectivity index (χ1n) is 5.23. The van der Waals surface area contributed by atoms with E-state index in [-0.39, 0.29) is 10.8 Å². The SMILES string of the molecule is CSCCC(C)(O)CNS(=O)(=O)c1ccc(Cl)s1. The largest absolute Gasteiger partial charge is 0.389 e. The van der Waals surface area contributed by atoms with Crippen molar-refractivity contribution in [3.05, 3.63) is 16.5 Å². The minimum absolute atomic E-state index is 0.00852.